The van der Waals surface area contributed by atoms with Gasteiger partial charge in [-0.3, -0.25) is 0 Å². The van der Waals surface area contributed by atoms with Gasteiger partial charge in [0.2, 0.25) is 0 Å². The fraction of sp³-hybridized carbons (Fsp3) is 0.818. The minimum absolute atomic E-state index is 0.934. The highest BCUT2D eigenvalue weighted by molar-refractivity contribution is 5.14. The SMILES string of the molecule is CCC(C)CCC1CC=C1C. The second-order valence-electron chi connectivity index (χ2n) is 3.97. The molecule has 0 saturated carbocycles. The van der Waals surface area contributed by atoms with Crippen LogP contribution in [0.2, 0.25) is 0 Å². The second-order valence-corrected chi connectivity index (χ2v) is 3.97. The van der Waals surface area contributed by atoms with Crippen molar-refractivity contribution in [1.29, 1.82) is 0 Å². The maximum absolute atomic E-state index is 2.36. The first-order chi connectivity index (χ1) is 5.24. The summed E-state index contributed by atoms with van der Waals surface area (Å²) < 4.78 is 0. The molecule has 2 unspecified atom stereocenters. The van der Waals surface area contributed by atoms with Gasteiger partial charge in [-0.05, 0) is 31.6 Å². The Labute approximate surface area is 70.7 Å². The minimum Gasteiger partial charge on any atom is -0.0847 e. The highest BCUT2D eigenvalue weighted by Crippen LogP contribution is 2.31. The Kier molecular flexibility index (Phi) is 3.16. The van der Waals surface area contributed by atoms with Gasteiger partial charge in [-0.25, -0.2) is 0 Å². The van der Waals surface area contributed by atoms with Crippen LogP contribution in [0.25, 0.3) is 0 Å². The first kappa shape index (κ1) is 8.83. The first-order valence-electron chi connectivity index (χ1n) is 4.90. The van der Waals surface area contributed by atoms with Crippen molar-refractivity contribution in [1.82, 2.24) is 0 Å². The Morgan fingerprint density at radius 1 is 1.64 bits per heavy atom. The molecule has 0 aliphatic heterocycles. The Morgan fingerprint density at radius 3 is 2.73 bits per heavy atom. The Morgan fingerprint density at radius 2 is 2.36 bits per heavy atom. The third-order valence-electron chi connectivity index (χ3n) is 3.07. The first-order valence-corrected chi connectivity index (χ1v) is 4.90. The largest absolute Gasteiger partial charge is 0.0847 e. The summed E-state index contributed by atoms with van der Waals surface area (Å²) in [4.78, 5) is 0. The molecule has 2 atom stereocenters. The van der Waals surface area contributed by atoms with Crippen LogP contribution in [0.3, 0.4) is 0 Å². The third-order valence-corrected chi connectivity index (χ3v) is 3.07. The van der Waals surface area contributed by atoms with E-state index in [-0.39, 0.29) is 0 Å². The van der Waals surface area contributed by atoms with E-state index in [2.05, 4.69) is 26.8 Å². The zero-order valence-electron chi connectivity index (χ0n) is 8.06. The van der Waals surface area contributed by atoms with Gasteiger partial charge in [0, 0.05) is 0 Å². The van der Waals surface area contributed by atoms with Gasteiger partial charge in [-0.2, -0.15) is 0 Å². The lowest BCUT2D eigenvalue weighted by Crippen LogP contribution is -2.11. The van der Waals surface area contributed by atoms with Crippen LogP contribution in [-0.2, 0) is 0 Å². The van der Waals surface area contributed by atoms with E-state index in [1.54, 1.807) is 5.57 Å². The number of hydrogen-bond acceptors (Lipinski definition) is 0. The predicted octanol–water partition coefficient (Wildman–Crippen LogP) is 3.78. The van der Waals surface area contributed by atoms with Crippen molar-refractivity contribution in [3.63, 3.8) is 0 Å². The second kappa shape index (κ2) is 3.94. The Hall–Kier alpha value is -0.260. The van der Waals surface area contributed by atoms with Crippen LogP contribution in [-0.4, -0.2) is 0 Å². The van der Waals surface area contributed by atoms with Crippen molar-refractivity contribution in [3.05, 3.63) is 11.6 Å². The van der Waals surface area contributed by atoms with Crippen LogP contribution in [0, 0.1) is 11.8 Å². The van der Waals surface area contributed by atoms with Crippen LogP contribution in [0.1, 0.15) is 46.5 Å². The molecule has 0 N–H and O–H groups in total. The summed E-state index contributed by atoms with van der Waals surface area (Å²) in [5, 5.41) is 0. The van der Waals surface area contributed by atoms with E-state index >= 15 is 0 Å². The summed E-state index contributed by atoms with van der Waals surface area (Å²) in [6, 6.07) is 0. The van der Waals surface area contributed by atoms with Crippen molar-refractivity contribution in [3.8, 4) is 0 Å². The van der Waals surface area contributed by atoms with Crippen molar-refractivity contribution in [2.75, 3.05) is 0 Å². The number of rotatable bonds is 4. The van der Waals surface area contributed by atoms with Gasteiger partial charge in [0.05, 0.1) is 0 Å². The molecule has 0 aromatic heterocycles. The predicted molar refractivity (Wildman–Crippen MR) is 50.6 cm³/mol. The van der Waals surface area contributed by atoms with Gasteiger partial charge in [-0.1, -0.05) is 38.3 Å². The number of allylic oxidation sites excluding steroid dienone is 2. The topological polar surface area (TPSA) is 0 Å². The van der Waals surface area contributed by atoms with E-state index in [4.69, 9.17) is 0 Å². The van der Waals surface area contributed by atoms with Crippen LogP contribution in [0.15, 0.2) is 11.6 Å². The van der Waals surface area contributed by atoms with Crippen molar-refractivity contribution < 1.29 is 0 Å². The molecule has 0 fully saturated rings. The molecule has 0 bridgehead atoms. The molecule has 1 rings (SSSR count). The molecule has 1 aliphatic carbocycles. The molecule has 0 aromatic carbocycles. The quantitative estimate of drug-likeness (QED) is 0.538. The summed E-state index contributed by atoms with van der Waals surface area (Å²) in [5.41, 5.74) is 1.63. The maximum atomic E-state index is 2.36. The van der Waals surface area contributed by atoms with E-state index in [0.29, 0.717) is 0 Å². The summed E-state index contributed by atoms with van der Waals surface area (Å²) in [6.45, 7) is 6.91. The van der Waals surface area contributed by atoms with Crippen molar-refractivity contribution in [2.45, 2.75) is 46.5 Å². The smallest absolute Gasteiger partial charge is 0.0171 e. The van der Waals surface area contributed by atoms with Crippen molar-refractivity contribution in [2.24, 2.45) is 11.8 Å². The summed E-state index contributed by atoms with van der Waals surface area (Å²) >= 11 is 0. The van der Waals surface area contributed by atoms with E-state index in [1.165, 1.54) is 25.7 Å². The fourth-order valence-corrected chi connectivity index (χ4v) is 1.56. The monoisotopic (exact) mass is 152 g/mol. The molecule has 0 nitrogen and oxygen atoms in total. The molecule has 0 amide bonds. The maximum Gasteiger partial charge on any atom is -0.0171 e. The minimum atomic E-state index is 0.934. The van der Waals surface area contributed by atoms with E-state index < -0.39 is 0 Å². The van der Waals surface area contributed by atoms with Crippen LogP contribution < -0.4 is 0 Å². The van der Waals surface area contributed by atoms with E-state index in [9.17, 15) is 0 Å². The van der Waals surface area contributed by atoms with Gasteiger partial charge in [0.25, 0.3) is 0 Å². The van der Waals surface area contributed by atoms with Crippen LogP contribution >= 0.6 is 0 Å². The highest BCUT2D eigenvalue weighted by atomic mass is 14.2. The average molecular weight is 152 g/mol. The summed E-state index contributed by atoms with van der Waals surface area (Å²) in [7, 11) is 0. The molecular weight excluding hydrogens is 132 g/mol. The number of hydrogen-bond donors (Lipinski definition) is 0. The Bertz CT molecular complexity index is 144. The normalized spacial score (nSPS) is 25.7. The molecule has 0 spiro atoms. The van der Waals surface area contributed by atoms with Gasteiger partial charge < -0.3 is 0 Å². The molecular formula is C11H20. The lowest BCUT2D eigenvalue weighted by molar-refractivity contribution is 0.417. The Balaban J connectivity index is 2.09. The molecule has 0 aromatic rings. The van der Waals surface area contributed by atoms with Gasteiger partial charge in [-0.15, -0.1) is 0 Å². The van der Waals surface area contributed by atoms with Gasteiger partial charge in [0.1, 0.15) is 0 Å². The highest BCUT2D eigenvalue weighted by Gasteiger charge is 2.17. The van der Waals surface area contributed by atoms with Gasteiger partial charge >= 0.3 is 0 Å². The molecule has 1 aliphatic rings. The standard InChI is InChI=1S/C11H20/c1-4-9(2)5-7-11-8-6-10(11)3/h6,9,11H,4-5,7-8H2,1-3H3. The van der Waals surface area contributed by atoms with Crippen molar-refractivity contribution >= 4 is 0 Å². The molecule has 0 heterocycles. The molecule has 64 valence electrons. The molecule has 0 heteroatoms. The fourth-order valence-electron chi connectivity index (χ4n) is 1.56. The summed E-state index contributed by atoms with van der Waals surface area (Å²) in [6.07, 6.45) is 7.91. The zero-order chi connectivity index (χ0) is 8.27. The third kappa shape index (κ3) is 2.36. The lowest BCUT2D eigenvalue weighted by Gasteiger charge is -2.25. The van der Waals surface area contributed by atoms with Crippen LogP contribution in [0.5, 0.6) is 0 Å². The average Bonchev–Trinajstić information content (AvgIpc) is 2.01. The van der Waals surface area contributed by atoms with E-state index in [1.807, 2.05) is 0 Å². The molecule has 0 saturated heterocycles. The van der Waals surface area contributed by atoms with Crippen LogP contribution in [0.4, 0.5) is 0 Å². The zero-order valence-corrected chi connectivity index (χ0v) is 8.06. The molecule has 0 radical (unpaired) electrons. The lowest BCUT2D eigenvalue weighted by atomic mass is 9.81. The van der Waals surface area contributed by atoms with E-state index in [0.717, 1.165) is 11.8 Å². The van der Waals surface area contributed by atoms with Gasteiger partial charge in [0.15, 0.2) is 0 Å². The summed E-state index contributed by atoms with van der Waals surface area (Å²) in [5.74, 6) is 1.88. The molecule has 11 heavy (non-hydrogen) atoms.